The molecule has 0 unspecified atom stereocenters. The molecule has 0 atom stereocenters. The summed E-state index contributed by atoms with van der Waals surface area (Å²) in [5.41, 5.74) is 0. The Kier molecular flexibility index (Phi) is 2.42. The van der Waals surface area contributed by atoms with E-state index < -0.39 is 0 Å². The predicted molar refractivity (Wildman–Crippen MR) is 50.4 cm³/mol. The summed E-state index contributed by atoms with van der Waals surface area (Å²) < 4.78 is 0. The van der Waals surface area contributed by atoms with Crippen molar-refractivity contribution in [3.8, 4) is 0 Å². The molecular formula is C8H12S2. The molecule has 1 aromatic rings. The molecule has 0 N–H and O–H groups in total. The Morgan fingerprint density at radius 2 is 2.10 bits per heavy atom. The van der Waals surface area contributed by atoms with Gasteiger partial charge in [0.05, 0.1) is 0 Å². The highest BCUT2D eigenvalue weighted by atomic mass is 32.1. The Labute approximate surface area is 71.7 Å². The Balaban J connectivity index is 2.98. The van der Waals surface area contributed by atoms with Gasteiger partial charge in [0.15, 0.2) is 0 Å². The number of hydrogen-bond acceptors (Lipinski definition) is 2. The minimum Gasteiger partial charge on any atom is -0.144 e. The summed E-state index contributed by atoms with van der Waals surface area (Å²) in [7, 11) is 0. The molecule has 0 bridgehead atoms. The van der Waals surface area contributed by atoms with Crippen LogP contribution in [0.1, 0.15) is 29.5 Å². The number of aryl methyl sites for hydroxylation is 1. The van der Waals surface area contributed by atoms with Gasteiger partial charge in [-0.25, -0.2) is 0 Å². The van der Waals surface area contributed by atoms with Gasteiger partial charge in [-0.1, -0.05) is 13.8 Å². The third-order valence-electron chi connectivity index (χ3n) is 1.48. The zero-order valence-electron chi connectivity index (χ0n) is 6.51. The lowest BCUT2D eigenvalue weighted by molar-refractivity contribution is 0.887. The first-order valence-corrected chi connectivity index (χ1v) is 4.67. The fourth-order valence-electron chi connectivity index (χ4n) is 0.779. The maximum absolute atomic E-state index is 4.32. The minimum absolute atomic E-state index is 0.643. The van der Waals surface area contributed by atoms with E-state index in [1.165, 1.54) is 9.75 Å². The second-order valence-corrected chi connectivity index (χ2v) is 4.51. The summed E-state index contributed by atoms with van der Waals surface area (Å²) in [6.45, 7) is 6.52. The highest BCUT2D eigenvalue weighted by Gasteiger charge is 2.04. The zero-order valence-corrected chi connectivity index (χ0v) is 8.22. The molecule has 10 heavy (non-hydrogen) atoms. The van der Waals surface area contributed by atoms with Crippen LogP contribution in [-0.2, 0) is 0 Å². The Morgan fingerprint density at radius 1 is 1.50 bits per heavy atom. The van der Waals surface area contributed by atoms with Gasteiger partial charge < -0.3 is 0 Å². The molecule has 0 amide bonds. The van der Waals surface area contributed by atoms with Crippen molar-refractivity contribution in [2.24, 2.45) is 0 Å². The molecule has 56 valence electrons. The number of rotatable bonds is 1. The molecule has 0 aliphatic heterocycles. The third kappa shape index (κ3) is 1.55. The lowest BCUT2D eigenvalue weighted by atomic mass is 10.2. The van der Waals surface area contributed by atoms with Gasteiger partial charge in [-0.3, -0.25) is 0 Å². The topological polar surface area (TPSA) is 0 Å². The first-order chi connectivity index (χ1) is 4.61. The summed E-state index contributed by atoms with van der Waals surface area (Å²) in [5.74, 6) is 0.643. The van der Waals surface area contributed by atoms with Crippen LogP contribution in [0.15, 0.2) is 11.0 Å². The average Bonchev–Trinajstić information content (AvgIpc) is 2.13. The third-order valence-corrected chi connectivity index (χ3v) is 3.45. The van der Waals surface area contributed by atoms with Crippen molar-refractivity contribution in [2.75, 3.05) is 0 Å². The molecule has 0 radical (unpaired) electrons. The first kappa shape index (κ1) is 8.15. The standard InChI is InChI=1S/C8H12S2/c1-5(2)8-4-7(9)6(3)10-8/h4-5,9H,1-3H3. The van der Waals surface area contributed by atoms with Gasteiger partial charge in [0.25, 0.3) is 0 Å². The molecule has 0 nitrogen and oxygen atoms in total. The van der Waals surface area contributed by atoms with E-state index in [1.54, 1.807) is 0 Å². The van der Waals surface area contributed by atoms with Gasteiger partial charge in [-0.05, 0) is 18.9 Å². The smallest absolute Gasteiger partial charge is 0.0180 e. The van der Waals surface area contributed by atoms with E-state index in [0.717, 1.165) is 4.90 Å². The number of hydrogen-bond donors (Lipinski definition) is 1. The molecular weight excluding hydrogens is 160 g/mol. The fraction of sp³-hybridized carbons (Fsp3) is 0.500. The summed E-state index contributed by atoms with van der Waals surface area (Å²) >= 11 is 6.17. The summed E-state index contributed by atoms with van der Waals surface area (Å²) in [5, 5.41) is 0. The van der Waals surface area contributed by atoms with E-state index in [9.17, 15) is 0 Å². The van der Waals surface area contributed by atoms with Crippen LogP contribution in [0.2, 0.25) is 0 Å². The van der Waals surface area contributed by atoms with E-state index in [0.29, 0.717) is 5.92 Å². The van der Waals surface area contributed by atoms with Gasteiger partial charge >= 0.3 is 0 Å². The summed E-state index contributed by atoms with van der Waals surface area (Å²) in [6.07, 6.45) is 0. The highest BCUT2D eigenvalue weighted by molar-refractivity contribution is 7.80. The van der Waals surface area contributed by atoms with E-state index in [-0.39, 0.29) is 0 Å². The van der Waals surface area contributed by atoms with Crippen molar-refractivity contribution >= 4 is 24.0 Å². The molecule has 1 aromatic heterocycles. The molecule has 2 heteroatoms. The van der Waals surface area contributed by atoms with E-state index in [1.807, 2.05) is 11.3 Å². The van der Waals surface area contributed by atoms with Crippen LogP contribution in [0.4, 0.5) is 0 Å². The molecule has 0 aliphatic rings. The maximum atomic E-state index is 4.32. The van der Waals surface area contributed by atoms with Crippen LogP contribution in [0.5, 0.6) is 0 Å². The lowest BCUT2D eigenvalue weighted by Gasteiger charge is -1.96. The van der Waals surface area contributed by atoms with Crippen molar-refractivity contribution in [1.82, 2.24) is 0 Å². The van der Waals surface area contributed by atoms with Crippen LogP contribution in [0, 0.1) is 6.92 Å². The molecule has 0 spiro atoms. The quantitative estimate of drug-likeness (QED) is 0.616. The molecule has 1 rings (SSSR count). The van der Waals surface area contributed by atoms with Crippen LogP contribution in [0.3, 0.4) is 0 Å². The van der Waals surface area contributed by atoms with E-state index in [2.05, 4.69) is 39.5 Å². The Hall–Kier alpha value is 0.0500. The average molecular weight is 172 g/mol. The van der Waals surface area contributed by atoms with Crippen LogP contribution >= 0.6 is 24.0 Å². The first-order valence-electron chi connectivity index (χ1n) is 3.40. The minimum atomic E-state index is 0.643. The Bertz CT molecular complexity index is 204. The normalized spacial score (nSPS) is 10.9. The van der Waals surface area contributed by atoms with E-state index in [4.69, 9.17) is 0 Å². The van der Waals surface area contributed by atoms with Crippen molar-refractivity contribution in [1.29, 1.82) is 0 Å². The lowest BCUT2D eigenvalue weighted by Crippen LogP contribution is -1.77. The SMILES string of the molecule is Cc1sc(C(C)C)cc1S. The van der Waals surface area contributed by atoms with Gasteiger partial charge in [0.1, 0.15) is 0 Å². The number of thiol groups is 1. The molecule has 0 aliphatic carbocycles. The Morgan fingerprint density at radius 3 is 2.30 bits per heavy atom. The van der Waals surface area contributed by atoms with Crippen molar-refractivity contribution in [3.63, 3.8) is 0 Å². The van der Waals surface area contributed by atoms with Crippen molar-refractivity contribution in [2.45, 2.75) is 31.6 Å². The second kappa shape index (κ2) is 2.97. The van der Waals surface area contributed by atoms with Crippen LogP contribution in [-0.4, -0.2) is 0 Å². The van der Waals surface area contributed by atoms with Gasteiger partial charge in [-0.2, -0.15) is 0 Å². The van der Waals surface area contributed by atoms with Gasteiger partial charge in [0.2, 0.25) is 0 Å². The predicted octanol–water partition coefficient (Wildman–Crippen LogP) is 3.47. The second-order valence-electron chi connectivity index (χ2n) is 2.74. The summed E-state index contributed by atoms with van der Waals surface area (Å²) in [4.78, 5) is 3.89. The fourth-order valence-corrected chi connectivity index (χ4v) is 2.07. The van der Waals surface area contributed by atoms with Crippen LogP contribution < -0.4 is 0 Å². The zero-order chi connectivity index (χ0) is 7.72. The van der Waals surface area contributed by atoms with Gasteiger partial charge in [0, 0.05) is 14.6 Å². The molecule has 0 aromatic carbocycles. The molecule has 0 saturated heterocycles. The number of thiophene rings is 1. The molecule has 0 fully saturated rings. The van der Waals surface area contributed by atoms with Crippen molar-refractivity contribution in [3.05, 3.63) is 15.8 Å². The largest absolute Gasteiger partial charge is 0.144 e. The van der Waals surface area contributed by atoms with Gasteiger partial charge in [-0.15, -0.1) is 24.0 Å². The maximum Gasteiger partial charge on any atom is 0.0180 e. The summed E-state index contributed by atoms with van der Waals surface area (Å²) in [6, 6.07) is 2.16. The monoisotopic (exact) mass is 172 g/mol. The molecule has 0 saturated carbocycles. The van der Waals surface area contributed by atoms with E-state index >= 15 is 0 Å². The highest BCUT2D eigenvalue weighted by Crippen LogP contribution is 2.29. The molecule has 1 heterocycles. The van der Waals surface area contributed by atoms with Crippen molar-refractivity contribution < 1.29 is 0 Å². The van der Waals surface area contributed by atoms with Crippen LogP contribution in [0.25, 0.3) is 0 Å².